The third kappa shape index (κ3) is 8.96. The summed E-state index contributed by atoms with van der Waals surface area (Å²) in [7, 11) is 0. The van der Waals surface area contributed by atoms with Crippen molar-refractivity contribution in [3.8, 4) is 12.3 Å². The van der Waals surface area contributed by atoms with Crippen molar-refractivity contribution in [2.24, 2.45) is 5.92 Å². The van der Waals surface area contributed by atoms with Crippen LogP contribution in [-0.2, 0) is 16.8 Å². The molecule has 1 aliphatic carbocycles. The van der Waals surface area contributed by atoms with Gasteiger partial charge in [0.25, 0.3) is 0 Å². The van der Waals surface area contributed by atoms with Crippen LogP contribution in [0.25, 0.3) is 10.8 Å². The average molecular weight is 524 g/mol. The van der Waals surface area contributed by atoms with Gasteiger partial charge in [-0.25, -0.2) is 0 Å². The van der Waals surface area contributed by atoms with Gasteiger partial charge < -0.3 is 5.32 Å². The summed E-state index contributed by atoms with van der Waals surface area (Å²) in [5, 5.41) is 5.62. The summed E-state index contributed by atoms with van der Waals surface area (Å²) in [6.07, 6.45) is 12.8. The monoisotopic (exact) mass is 523 g/mol. The van der Waals surface area contributed by atoms with Crippen LogP contribution in [0.2, 0.25) is 0 Å². The van der Waals surface area contributed by atoms with Gasteiger partial charge >= 0.3 is 0 Å². The van der Waals surface area contributed by atoms with Crippen LogP contribution in [0.15, 0.2) is 78.4 Å². The Morgan fingerprint density at radius 3 is 2.21 bits per heavy atom. The summed E-state index contributed by atoms with van der Waals surface area (Å²) >= 11 is 0. The number of carbonyl (C=O) groups excluding carboxylic acids is 2. The van der Waals surface area contributed by atoms with Crippen molar-refractivity contribution in [2.75, 3.05) is 0 Å². The third-order valence-electron chi connectivity index (χ3n) is 7.52. The van der Waals surface area contributed by atoms with Gasteiger partial charge in [0.1, 0.15) is 0 Å². The first-order chi connectivity index (χ1) is 18.7. The van der Waals surface area contributed by atoms with Gasteiger partial charge in [0.05, 0.1) is 0 Å². The first-order valence-electron chi connectivity index (χ1n) is 14.1. The van der Waals surface area contributed by atoms with Crippen LogP contribution in [0.1, 0.15) is 95.1 Å². The second-order valence-corrected chi connectivity index (χ2v) is 10.5. The Bertz CT molecular complexity index is 1300. The van der Waals surface area contributed by atoms with E-state index >= 15 is 0 Å². The van der Waals surface area contributed by atoms with E-state index in [-0.39, 0.29) is 11.7 Å². The summed E-state index contributed by atoms with van der Waals surface area (Å²) in [4.78, 5) is 22.9. The van der Waals surface area contributed by atoms with Crippen molar-refractivity contribution in [2.45, 2.75) is 85.6 Å². The minimum absolute atomic E-state index is 0.0117. The lowest BCUT2D eigenvalue weighted by Crippen LogP contribution is -2.24. The van der Waals surface area contributed by atoms with E-state index in [0.29, 0.717) is 23.1 Å². The number of hydrogen-bond donors (Lipinski definition) is 1. The molecule has 3 aromatic carbocycles. The fraction of sp³-hybridized carbons (Fsp3) is 0.389. The van der Waals surface area contributed by atoms with Gasteiger partial charge in [0.2, 0.25) is 5.91 Å². The van der Waals surface area contributed by atoms with E-state index in [0.717, 1.165) is 17.9 Å². The molecule has 0 radical (unpaired) electrons. The van der Waals surface area contributed by atoms with Crippen LogP contribution < -0.4 is 5.32 Å². The van der Waals surface area contributed by atoms with Gasteiger partial charge in [-0.2, -0.15) is 0 Å². The molecule has 0 saturated heterocycles. The minimum Gasteiger partial charge on any atom is -0.348 e. The Morgan fingerprint density at radius 2 is 1.64 bits per heavy atom. The predicted octanol–water partition coefficient (Wildman–Crippen LogP) is 8.81. The van der Waals surface area contributed by atoms with E-state index < -0.39 is 0 Å². The van der Waals surface area contributed by atoms with Crippen LogP contribution >= 0.6 is 0 Å². The summed E-state index contributed by atoms with van der Waals surface area (Å²) in [6, 6.07) is 22.8. The zero-order valence-electron chi connectivity index (χ0n) is 24.6. The molecule has 3 aromatic rings. The fourth-order valence-electron chi connectivity index (χ4n) is 4.69. The van der Waals surface area contributed by atoms with Crippen molar-refractivity contribution in [1.29, 1.82) is 0 Å². The summed E-state index contributed by atoms with van der Waals surface area (Å²) < 4.78 is 0. The Balaban J connectivity index is 0.000000228. The predicted molar refractivity (Wildman–Crippen MR) is 166 cm³/mol. The number of terminal acetylenes is 1. The smallest absolute Gasteiger partial charge is 0.246 e. The maximum Gasteiger partial charge on any atom is 0.246 e. The maximum atomic E-state index is 11.6. The van der Waals surface area contributed by atoms with E-state index in [2.05, 4.69) is 74.5 Å². The Morgan fingerprint density at radius 1 is 1.00 bits per heavy atom. The van der Waals surface area contributed by atoms with Crippen LogP contribution in [0, 0.1) is 18.3 Å². The number of unbranched alkanes of at least 4 members (excludes halogenated alkanes) is 2. The SMILES string of the molecule is C#CCCCC.C/C=C(/C)C(=O)NCc1ccccc1C(C)=O.CC(C)C1(c2cccc3ccccc23)CC1. The molecule has 0 heterocycles. The molecule has 206 valence electrons. The molecule has 3 nitrogen and oxygen atoms in total. The van der Waals surface area contributed by atoms with Gasteiger partial charge in [-0.15, -0.1) is 12.3 Å². The molecular weight excluding hydrogens is 478 g/mol. The molecule has 1 aliphatic rings. The van der Waals surface area contributed by atoms with Crippen LogP contribution in [-0.4, -0.2) is 11.7 Å². The Hall–Kier alpha value is -3.64. The standard InChI is InChI=1S/C16H18.C14H17NO2.C6H10/c1-12(2)16(10-11-16)15-9-5-7-13-6-3-4-8-14(13)15;1-4-10(2)14(17)15-9-12-7-5-6-8-13(12)11(3)16;1-3-5-6-4-2/h3-9,12H,10-11H2,1-2H3;4-8H,9H2,1-3H3,(H,15,17);1H,4-6H2,2H3/b;10-4-;. The van der Waals surface area contributed by atoms with Crippen molar-refractivity contribution in [3.05, 3.63) is 95.1 Å². The summed E-state index contributed by atoms with van der Waals surface area (Å²) in [6.45, 7) is 12.3. The largest absolute Gasteiger partial charge is 0.348 e. The zero-order valence-corrected chi connectivity index (χ0v) is 24.6. The van der Waals surface area contributed by atoms with E-state index in [1.54, 1.807) is 24.6 Å². The van der Waals surface area contributed by atoms with Crippen LogP contribution in [0.3, 0.4) is 0 Å². The van der Waals surface area contributed by atoms with Crippen molar-refractivity contribution >= 4 is 22.5 Å². The maximum absolute atomic E-state index is 11.6. The lowest BCUT2D eigenvalue weighted by Gasteiger charge is -2.22. The molecule has 1 N–H and O–H groups in total. The average Bonchev–Trinajstić information content (AvgIpc) is 3.77. The molecule has 39 heavy (non-hydrogen) atoms. The number of amides is 1. The van der Waals surface area contributed by atoms with E-state index in [9.17, 15) is 9.59 Å². The number of fused-ring (bicyclic) bond motifs is 1. The molecule has 0 aliphatic heterocycles. The topological polar surface area (TPSA) is 46.2 Å². The van der Waals surface area contributed by atoms with Crippen molar-refractivity contribution in [3.63, 3.8) is 0 Å². The quantitative estimate of drug-likeness (QED) is 0.139. The normalized spacial score (nSPS) is 13.3. The highest BCUT2D eigenvalue weighted by atomic mass is 16.1. The second-order valence-electron chi connectivity index (χ2n) is 10.5. The molecule has 3 heteroatoms. The number of nitrogens with one attached hydrogen (secondary N) is 1. The van der Waals surface area contributed by atoms with E-state index in [4.69, 9.17) is 6.42 Å². The van der Waals surface area contributed by atoms with Crippen LogP contribution in [0.5, 0.6) is 0 Å². The molecule has 0 atom stereocenters. The minimum atomic E-state index is -0.106. The van der Waals surface area contributed by atoms with Crippen molar-refractivity contribution in [1.82, 2.24) is 5.32 Å². The number of hydrogen-bond acceptors (Lipinski definition) is 2. The van der Waals surface area contributed by atoms with Gasteiger partial charge in [-0.3, -0.25) is 9.59 Å². The highest BCUT2D eigenvalue weighted by Crippen LogP contribution is 2.55. The fourth-order valence-corrected chi connectivity index (χ4v) is 4.69. The Kier molecular flexibility index (Phi) is 12.7. The number of carbonyl (C=O) groups is 2. The number of ketones is 1. The van der Waals surface area contributed by atoms with Gasteiger partial charge in [0, 0.05) is 24.1 Å². The number of benzene rings is 3. The molecule has 0 aromatic heterocycles. The first-order valence-corrected chi connectivity index (χ1v) is 14.1. The molecule has 4 rings (SSSR count). The lowest BCUT2D eigenvalue weighted by molar-refractivity contribution is -0.117. The summed E-state index contributed by atoms with van der Waals surface area (Å²) in [5.74, 6) is 3.22. The number of Topliss-reactive ketones (excluding diaryl/α,β-unsaturated/α-hetero) is 1. The zero-order chi connectivity index (χ0) is 28.8. The third-order valence-corrected chi connectivity index (χ3v) is 7.52. The Labute approximate surface area is 236 Å². The highest BCUT2D eigenvalue weighted by molar-refractivity contribution is 5.96. The van der Waals surface area contributed by atoms with E-state index in [1.165, 1.54) is 43.4 Å². The molecule has 1 saturated carbocycles. The molecule has 0 unspecified atom stereocenters. The molecule has 1 fully saturated rings. The summed E-state index contributed by atoms with van der Waals surface area (Å²) in [5.41, 5.74) is 4.22. The number of allylic oxidation sites excluding steroid dienone is 1. The molecular formula is C36H45NO2. The van der Waals surface area contributed by atoms with Crippen LogP contribution in [0.4, 0.5) is 0 Å². The lowest BCUT2D eigenvalue weighted by atomic mass is 9.82. The van der Waals surface area contributed by atoms with Crippen molar-refractivity contribution < 1.29 is 9.59 Å². The van der Waals surface area contributed by atoms with Gasteiger partial charge in [-0.1, -0.05) is 100.0 Å². The van der Waals surface area contributed by atoms with Gasteiger partial charge in [0.15, 0.2) is 5.78 Å². The highest BCUT2D eigenvalue weighted by Gasteiger charge is 2.47. The molecule has 0 bridgehead atoms. The van der Waals surface area contributed by atoms with E-state index in [1.807, 2.05) is 25.1 Å². The first kappa shape index (κ1) is 31.6. The second kappa shape index (κ2) is 15.7. The molecule has 0 spiro atoms. The molecule has 1 amide bonds. The number of rotatable bonds is 8. The van der Waals surface area contributed by atoms with Gasteiger partial charge in [-0.05, 0) is 73.3 Å².